The zero-order chi connectivity index (χ0) is 19.0. The van der Waals surface area contributed by atoms with Crippen molar-refractivity contribution in [3.8, 4) is 17.2 Å². The molecule has 1 unspecified atom stereocenters. The molecule has 0 bridgehead atoms. The first kappa shape index (κ1) is 17.6. The zero-order valence-corrected chi connectivity index (χ0v) is 15.6. The first-order valence-electron chi connectivity index (χ1n) is 8.79. The van der Waals surface area contributed by atoms with Gasteiger partial charge in [-0.3, -0.25) is 0 Å². The Morgan fingerprint density at radius 2 is 1.74 bits per heavy atom. The number of rotatable bonds is 5. The van der Waals surface area contributed by atoms with Crippen molar-refractivity contribution in [2.45, 2.75) is 25.9 Å². The van der Waals surface area contributed by atoms with E-state index in [2.05, 4.69) is 0 Å². The van der Waals surface area contributed by atoms with E-state index in [1.165, 1.54) is 0 Å². The van der Waals surface area contributed by atoms with Crippen LogP contribution in [0.25, 0.3) is 10.8 Å². The highest BCUT2D eigenvalue weighted by molar-refractivity contribution is 6.00. The fraction of sp³-hybridized carbons (Fsp3) is 0.273. The van der Waals surface area contributed by atoms with Gasteiger partial charge in [-0.05, 0) is 36.2 Å². The van der Waals surface area contributed by atoms with E-state index in [4.69, 9.17) is 18.9 Å². The summed E-state index contributed by atoms with van der Waals surface area (Å²) in [4.78, 5) is 0. The van der Waals surface area contributed by atoms with Crippen LogP contribution in [0.5, 0.6) is 17.2 Å². The number of hydrogen-bond acceptors (Lipinski definition) is 5. The second-order valence-corrected chi connectivity index (χ2v) is 6.68. The molecule has 0 saturated heterocycles. The lowest BCUT2D eigenvalue weighted by Gasteiger charge is -2.23. The van der Waals surface area contributed by atoms with Crippen LogP contribution < -0.4 is 14.2 Å². The smallest absolute Gasteiger partial charge is 0.193 e. The van der Waals surface area contributed by atoms with Gasteiger partial charge in [-0.2, -0.15) is 0 Å². The molecule has 140 valence electrons. The molecule has 0 fully saturated rings. The second-order valence-electron chi connectivity index (χ2n) is 6.68. The molecule has 4 rings (SSSR count). The highest BCUT2D eigenvalue weighted by Crippen LogP contribution is 2.49. The quantitative estimate of drug-likeness (QED) is 0.736. The molecule has 0 radical (unpaired) electrons. The molecule has 0 aromatic heterocycles. The average molecular weight is 366 g/mol. The third kappa shape index (κ3) is 2.99. The fourth-order valence-corrected chi connectivity index (χ4v) is 3.61. The Labute approximate surface area is 158 Å². The molecular formula is C22H22O5. The number of hydrogen-bond donors (Lipinski definition) is 1. The van der Waals surface area contributed by atoms with Crippen molar-refractivity contribution in [2.24, 2.45) is 0 Å². The summed E-state index contributed by atoms with van der Waals surface area (Å²) < 4.78 is 23.0. The van der Waals surface area contributed by atoms with Crippen LogP contribution in [0.1, 0.15) is 23.6 Å². The minimum absolute atomic E-state index is 0.306. The van der Waals surface area contributed by atoms with Gasteiger partial charge in [-0.25, -0.2) is 0 Å². The van der Waals surface area contributed by atoms with E-state index in [0.717, 1.165) is 21.9 Å². The molecule has 1 N–H and O–H groups in total. The van der Waals surface area contributed by atoms with E-state index in [1.54, 1.807) is 21.1 Å². The highest BCUT2D eigenvalue weighted by Gasteiger charge is 2.38. The van der Waals surface area contributed by atoms with Gasteiger partial charge in [0.05, 0.1) is 31.8 Å². The molecular weight excluding hydrogens is 344 g/mol. The van der Waals surface area contributed by atoms with E-state index in [0.29, 0.717) is 36.0 Å². The first-order valence-corrected chi connectivity index (χ1v) is 8.79. The predicted molar refractivity (Wildman–Crippen MR) is 102 cm³/mol. The molecule has 3 aromatic carbocycles. The summed E-state index contributed by atoms with van der Waals surface area (Å²) in [6, 6.07) is 15.6. The predicted octanol–water partition coefficient (Wildman–Crippen LogP) is 4.13. The number of fused-ring (bicyclic) bond motifs is 2. The van der Waals surface area contributed by atoms with Gasteiger partial charge in [0.1, 0.15) is 23.9 Å². The molecule has 27 heavy (non-hydrogen) atoms. The van der Waals surface area contributed by atoms with Gasteiger partial charge in [-0.15, -0.1) is 0 Å². The third-order valence-corrected chi connectivity index (χ3v) is 4.90. The summed E-state index contributed by atoms with van der Waals surface area (Å²) in [6.45, 7) is 2.30. The van der Waals surface area contributed by atoms with Crippen LogP contribution in [0.2, 0.25) is 0 Å². The number of ether oxygens (including phenoxy) is 4. The van der Waals surface area contributed by atoms with Crippen LogP contribution >= 0.6 is 0 Å². The van der Waals surface area contributed by atoms with E-state index >= 15 is 0 Å². The van der Waals surface area contributed by atoms with E-state index in [9.17, 15) is 5.11 Å². The molecule has 3 aromatic rings. The van der Waals surface area contributed by atoms with Gasteiger partial charge in [0.2, 0.25) is 0 Å². The van der Waals surface area contributed by atoms with Crippen LogP contribution in [-0.2, 0) is 23.7 Å². The summed E-state index contributed by atoms with van der Waals surface area (Å²) in [5.74, 6) is 0.498. The molecule has 1 heterocycles. The average Bonchev–Trinajstić information content (AvgIpc) is 3.00. The van der Waals surface area contributed by atoms with Crippen LogP contribution in [0.3, 0.4) is 0 Å². The second kappa shape index (κ2) is 6.76. The Morgan fingerprint density at radius 3 is 2.44 bits per heavy atom. The summed E-state index contributed by atoms with van der Waals surface area (Å²) in [7, 11) is 3.25. The van der Waals surface area contributed by atoms with Gasteiger partial charge in [-0.1, -0.05) is 30.3 Å². The van der Waals surface area contributed by atoms with Crippen LogP contribution in [0.15, 0.2) is 48.5 Å². The maximum Gasteiger partial charge on any atom is 0.193 e. The Bertz CT molecular complexity index is 979. The largest absolute Gasteiger partial charge is 0.496 e. The van der Waals surface area contributed by atoms with E-state index in [-0.39, 0.29) is 0 Å². The molecule has 0 spiro atoms. The minimum Gasteiger partial charge on any atom is -0.496 e. The van der Waals surface area contributed by atoms with E-state index in [1.807, 2.05) is 48.5 Å². The molecule has 1 aliphatic rings. The van der Waals surface area contributed by atoms with Crippen molar-refractivity contribution in [2.75, 3.05) is 14.2 Å². The molecule has 0 aliphatic carbocycles. The molecule has 1 atom stereocenters. The molecule has 0 amide bonds. The number of benzene rings is 3. The van der Waals surface area contributed by atoms with Gasteiger partial charge >= 0.3 is 0 Å². The van der Waals surface area contributed by atoms with Crippen LogP contribution in [-0.4, -0.2) is 19.3 Å². The summed E-state index contributed by atoms with van der Waals surface area (Å²) in [5.41, 5.74) is 2.54. The van der Waals surface area contributed by atoms with Crippen LogP contribution in [0, 0.1) is 0 Å². The summed E-state index contributed by atoms with van der Waals surface area (Å²) >= 11 is 0. The standard InChI is InChI=1S/C22H22O5/c1-22(23)20-15(13-27-22)11-16-17(24-2)9-10-18(25-3)19(16)21(20)26-12-14-7-5-4-6-8-14/h4-11,23H,12-13H2,1-3H3. The third-order valence-electron chi connectivity index (χ3n) is 4.90. The topological polar surface area (TPSA) is 57.2 Å². The van der Waals surface area contributed by atoms with Crippen molar-refractivity contribution in [1.29, 1.82) is 0 Å². The molecule has 5 heteroatoms. The summed E-state index contributed by atoms with van der Waals surface area (Å²) in [5, 5.41) is 12.4. The van der Waals surface area contributed by atoms with Crippen molar-refractivity contribution in [3.05, 3.63) is 65.2 Å². The lowest BCUT2D eigenvalue weighted by atomic mass is 9.95. The SMILES string of the molecule is COc1ccc(OC)c2c(OCc3ccccc3)c3c(cc12)COC3(C)O. The van der Waals surface area contributed by atoms with Gasteiger partial charge in [0.15, 0.2) is 5.79 Å². The van der Waals surface area contributed by atoms with Crippen molar-refractivity contribution < 1.29 is 24.1 Å². The lowest BCUT2D eigenvalue weighted by molar-refractivity contribution is -0.189. The van der Waals surface area contributed by atoms with Crippen molar-refractivity contribution >= 4 is 10.8 Å². The maximum absolute atomic E-state index is 10.8. The van der Waals surface area contributed by atoms with Gasteiger partial charge < -0.3 is 24.1 Å². The monoisotopic (exact) mass is 366 g/mol. The molecule has 0 saturated carbocycles. The Morgan fingerprint density at radius 1 is 1.04 bits per heavy atom. The normalized spacial score (nSPS) is 18.4. The first-order chi connectivity index (χ1) is 13.0. The highest BCUT2D eigenvalue weighted by atomic mass is 16.6. The Hall–Kier alpha value is -2.76. The lowest BCUT2D eigenvalue weighted by Crippen LogP contribution is -2.20. The molecule has 5 nitrogen and oxygen atoms in total. The van der Waals surface area contributed by atoms with Crippen LogP contribution in [0.4, 0.5) is 0 Å². The number of aliphatic hydroxyl groups is 1. The fourth-order valence-electron chi connectivity index (χ4n) is 3.61. The van der Waals surface area contributed by atoms with Crippen molar-refractivity contribution in [3.63, 3.8) is 0 Å². The van der Waals surface area contributed by atoms with E-state index < -0.39 is 5.79 Å². The Kier molecular flexibility index (Phi) is 4.42. The maximum atomic E-state index is 10.8. The van der Waals surface area contributed by atoms with Gasteiger partial charge in [0, 0.05) is 5.39 Å². The van der Waals surface area contributed by atoms with Gasteiger partial charge in [0.25, 0.3) is 0 Å². The van der Waals surface area contributed by atoms with Crippen molar-refractivity contribution in [1.82, 2.24) is 0 Å². The Balaban J connectivity index is 1.95. The molecule has 1 aliphatic heterocycles. The number of methoxy groups -OCH3 is 2. The summed E-state index contributed by atoms with van der Waals surface area (Å²) in [6.07, 6.45) is 0. The zero-order valence-electron chi connectivity index (χ0n) is 15.6. The minimum atomic E-state index is -1.43.